The highest BCUT2D eigenvalue weighted by molar-refractivity contribution is 7.83. The maximum Gasteiger partial charge on any atom is 0.337 e. The van der Waals surface area contributed by atoms with Crippen molar-refractivity contribution in [1.82, 2.24) is 0 Å². The van der Waals surface area contributed by atoms with Gasteiger partial charge in [-0.3, -0.25) is 0 Å². The lowest BCUT2D eigenvalue weighted by Crippen LogP contribution is -2.01. The zero-order valence-corrected chi connectivity index (χ0v) is 17.2. The maximum absolute atomic E-state index is 11.9. The Morgan fingerprint density at radius 2 is 1.19 bits per heavy atom. The molecule has 4 aromatic carbocycles. The second kappa shape index (κ2) is 6.60. The van der Waals surface area contributed by atoms with Gasteiger partial charge in [0.15, 0.2) is 0 Å². The number of carbonyl (C=O) groups is 1. The minimum Gasteiger partial charge on any atom is -0.465 e. The van der Waals surface area contributed by atoms with Crippen LogP contribution in [0.25, 0.3) is 32.3 Å². The highest BCUT2D eigenvalue weighted by atomic mass is 32.1. The number of benzene rings is 4. The Kier molecular flexibility index (Phi) is 4.55. The second-order valence-corrected chi connectivity index (χ2v) is 7.73. The molecule has 0 saturated carbocycles. The lowest BCUT2D eigenvalue weighted by Gasteiger charge is -2.17. The van der Waals surface area contributed by atoms with E-state index in [2.05, 4.69) is 0 Å². The summed E-state index contributed by atoms with van der Waals surface area (Å²) in [5.41, 5.74) is 0.468. The molecule has 26 heavy (non-hydrogen) atoms. The van der Waals surface area contributed by atoms with Gasteiger partial charge in [-0.1, -0.05) is 30.3 Å². The summed E-state index contributed by atoms with van der Waals surface area (Å²) in [6.45, 7) is 0. The summed E-state index contributed by atoms with van der Waals surface area (Å²) in [7, 11) is 1.36. The van der Waals surface area contributed by atoms with Crippen LogP contribution in [0, 0.1) is 0 Å². The molecule has 0 amide bonds. The number of esters is 1. The molecule has 0 aliphatic carbocycles. The molecule has 0 saturated heterocycles. The molecule has 4 aromatic rings. The van der Waals surface area contributed by atoms with Crippen molar-refractivity contribution < 1.29 is 9.53 Å². The van der Waals surface area contributed by atoms with Gasteiger partial charge in [-0.15, -0.1) is 50.5 Å². The van der Waals surface area contributed by atoms with E-state index >= 15 is 0 Å². The van der Waals surface area contributed by atoms with Crippen molar-refractivity contribution >= 4 is 88.8 Å². The molecule has 0 heterocycles. The minimum absolute atomic E-state index is 0.389. The van der Waals surface area contributed by atoms with Crippen molar-refractivity contribution in [3.8, 4) is 0 Å². The van der Waals surface area contributed by atoms with Crippen LogP contribution in [0.4, 0.5) is 0 Å². The number of fused-ring (bicyclic) bond motifs is 3. The van der Waals surface area contributed by atoms with Gasteiger partial charge in [0.25, 0.3) is 0 Å². The lowest BCUT2D eigenvalue weighted by molar-refractivity contribution is 0.0601. The van der Waals surface area contributed by atoms with Crippen molar-refractivity contribution in [3.05, 3.63) is 48.0 Å². The summed E-state index contributed by atoms with van der Waals surface area (Å²) in [6.07, 6.45) is 0. The van der Waals surface area contributed by atoms with E-state index in [4.69, 9.17) is 55.3 Å². The Balaban J connectivity index is 2.26. The Hall–Kier alpha value is -1.47. The van der Waals surface area contributed by atoms with Gasteiger partial charge >= 0.3 is 5.97 Å². The van der Waals surface area contributed by atoms with Crippen LogP contribution >= 0.6 is 50.5 Å². The molecule has 0 fully saturated rings. The third-order valence-electron chi connectivity index (χ3n) is 4.59. The molecule has 4 rings (SSSR count). The molecule has 6 heteroatoms. The number of carbonyl (C=O) groups excluding carboxylic acids is 1. The smallest absolute Gasteiger partial charge is 0.337 e. The maximum atomic E-state index is 11.9. The van der Waals surface area contributed by atoms with E-state index in [1.54, 1.807) is 12.1 Å². The summed E-state index contributed by atoms with van der Waals surface area (Å²) in [6, 6.07) is 13.4. The molecule has 0 unspecified atom stereocenters. The summed E-state index contributed by atoms with van der Waals surface area (Å²) >= 11 is 19.1. The third kappa shape index (κ3) is 2.51. The fourth-order valence-electron chi connectivity index (χ4n) is 3.32. The molecular formula is C20H14O2S4. The number of hydrogen-bond donors (Lipinski definition) is 4. The van der Waals surface area contributed by atoms with Gasteiger partial charge in [-0.05, 0) is 33.7 Å². The van der Waals surface area contributed by atoms with Crippen LogP contribution in [0.2, 0.25) is 0 Å². The van der Waals surface area contributed by atoms with Crippen LogP contribution in [-0.2, 0) is 4.74 Å². The van der Waals surface area contributed by atoms with E-state index in [-0.39, 0.29) is 5.97 Å². The fourth-order valence-corrected chi connectivity index (χ4v) is 5.16. The largest absolute Gasteiger partial charge is 0.465 e. The van der Waals surface area contributed by atoms with Gasteiger partial charge in [0.05, 0.1) is 12.7 Å². The molecule has 0 N–H and O–H groups in total. The summed E-state index contributed by atoms with van der Waals surface area (Å²) in [4.78, 5) is 15.1. The predicted octanol–water partition coefficient (Wildman–Crippen LogP) is 6.09. The SMILES string of the molecule is COC(=O)c1ccc2c(S)c3c(S)c4ccccc4c(S)c3c(S)c2c1. The molecular weight excluding hydrogens is 400 g/mol. The lowest BCUT2D eigenvalue weighted by atomic mass is 9.97. The Morgan fingerprint density at radius 3 is 1.69 bits per heavy atom. The van der Waals surface area contributed by atoms with E-state index in [0.29, 0.717) is 5.56 Å². The van der Waals surface area contributed by atoms with Crippen LogP contribution in [-0.4, -0.2) is 13.1 Å². The van der Waals surface area contributed by atoms with E-state index in [1.807, 2.05) is 30.3 Å². The van der Waals surface area contributed by atoms with Gasteiger partial charge in [0.2, 0.25) is 0 Å². The van der Waals surface area contributed by atoms with Gasteiger partial charge in [-0.25, -0.2) is 4.79 Å². The van der Waals surface area contributed by atoms with E-state index in [1.165, 1.54) is 7.11 Å². The molecule has 0 atom stereocenters. The second-order valence-electron chi connectivity index (χ2n) is 5.94. The van der Waals surface area contributed by atoms with Crippen molar-refractivity contribution in [2.24, 2.45) is 0 Å². The van der Waals surface area contributed by atoms with Crippen molar-refractivity contribution in [2.45, 2.75) is 19.6 Å². The Labute approximate surface area is 172 Å². The number of rotatable bonds is 1. The van der Waals surface area contributed by atoms with Crippen LogP contribution in [0.5, 0.6) is 0 Å². The van der Waals surface area contributed by atoms with E-state index < -0.39 is 0 Å². The van der Waals surface area contributed by atoms with Crippen LogP contribution < -0.4 is 0 Å². The third-order valence-corrected chi connectivity index (χ3v) is 6.44. The van der Waals surface area contributed by atoms with E-state index in [0.717, 1.165) is 51.9 Å². The van der Waals surface area contributed by atoms with Crippen LogP contribution in [0.15, 0.2) is 62.0 Å². The molecule has 2 nitrogen and oxygen atoms in total. The standard InChI is InChI=1S/C20H14O2S4/c1-22-20(21)9-6-7-12-13(8-9)19(26)15-14(18(12)25)16(23)10-4-2-3-5-11(10)17(15)24/h2-8,23-26H,1H3. The van der Waals surface area contributed by atoms with E-state index in [9.17, 15) is 4.79 Å². The monoisotopic (exact) mass is 414 g/mol. The summed E-state index contributed by atoms with van der Waals surface area (Å²) < 4.78 is 4.83. The number of thiol groups is 4. The van der Waals surface area contributed by atoms with Crippen LogP contribution in [0.1, 0.15) is 10.4 Å². The number of methoxy groups -OCH3 is 1. The normalized spacial score (nSPS) is 11.4. The first-order chi connectivity index (χ1) is 12.5. The van der Waals surface area contributed by atoms with Gasteiger partial charge in [0, 0.05) is 30.4 Å². The fraction of sp³-hybridized carbons (Fsp3) is 0.0500. The molecule has 0 aliphatic heterocycles. The quantitative estimate of drug-likeness (QED) is 0.172. The molecule has 0 radical (unpaired) electrons. The topological polar surface area (TPSA) is 26.3 Å². The highest BCUT2D eigenvalue weighted by Crippen LogP contribution is 2.46. The first-order valence-electron chi connectivity index (χ1n) is 7.78. The molecule has 0 aliphatic rings. The molecule has 0 aromatic heterocycles. The zero-order valence-electron chi connectivity index (χ0n) is 13.6. The predicted molar refractivity (Wildman–Crippen MR) is 119 cm³/mol. The number of ether oxygens (including phenoxy) is 1. The van der Waals surface area contributed by atoms with Crippen molar-refractivity contribution in [3.63, 3.8) is 0 Å². The van der Waals surface area contributed by atoms with Gasteiger partial charge < -0.3 is 4.74 Å². The molecule has 0 bridgehead atoms. The molecule has 0 spiro atoms. The average Bonchev–Trinajstić information content (AvgIpc) is 2.67. The highest BCUT2D eigenvalue weighted by Gasteiger charge is 2.19. The first kappa shape index (κ1) is 17.9. The zero-order chi connectivity index (χ0) is 18.6. The van der Waals surface area contributed by atoms with Crippen molar-refractivity contribution in [1.29, 1.82) is 0 Å². The Morgan fingerprint density at radius 1 is 0.731 bits per heavy atom. The van der Waals surface area contributed by atoms with Crippen molar-refractivity contribution in [2.75, 3.05) is 7.11 Å². The average molecular weight is 415 g/mol. The minimum atomic E-state index is -0.389. The molecule has 130 valence electrons. The van der Waals surface area contributed by atoms with Gasteiger partial charge in [0.1, 0.15) is 0 Å². The number of hydrogen-bond acceptors (Lipinski definition) is 6. The van der Waals surface area contributed by atoms with Crippen LogP contribution in [0.3, 0.4) is 0 Å². The Bertz CT molecular complexity index is 1230. The summed E-state index contributed by atoms with van der Waals surface area (Å²) in [5.74, 6) is -0.389. The van der Waals surface area contributed by atoms with Gasteiger partial charge in [-0.2, -0.15) is 0 Å². The summed E-state index contributed by atoms with van der Waals surface area (Å²) in [5, 5.41) is 5.52. The first-order valence-corrected chi connectivity index (χ1v) is 9.57.